The van der Waals surface area contributed by atoms with Crippen molar-refractivity contribution in [3.8, 4) is 0 Å². The minimum absolute atomic E-state index is 0.0908. The van der Waals surface area contributed by atoms with E-state index in [1.54, 1.807) is 0 Å². The third-order valence-corrected chi connectivity index (χ3v) is 13.7. The SMILES string of the molecule is CCCCCCCC/C=C\CCCCCCCC(=O)N[C@@H]1C(O)[C@H](O)[C@@H](CO)O[C@H]1OCC1(CO)CC(O)[C@@H](NC(C)=O)[C@H](O[C@H]2C(O)[C@@H](NC(C)=O)[C@H](O[C@H]3C(O)[C@@H](NC(C)=O)CO[C@H]3CO)O[C@@H]2CO)O1. The Morgan fingerprint density at radius 2 is 1.12 bits per heavy atom. The van der Waals surface area contributed by atoms with Crippen LogP contribution in [0.2, 0.25) is 0 Å². The number of nitrogens with one attached hydrogen (secondary N) is 4. The minimum atomic E-state index is -1.92. The van der Waals surface area contributed by atoms with Gasteiger partial charge in [-0.1, -0.05) is 70.4 Å². The highest BCUT2D eigenvalue weighted by atomic mass is 16.7. The molecule has 0 aromatic heterocycles. The van der Waals surface area contributed by atoms with Gasteiger partial charge in [0.1, 0.15) is 78.7 Å². The van der Waals surface area contributed by atoms with E-state index in [2.05, 4.69) is 40.3 Å². The van der Waals surface area contributed by atoms with Gasteiger partial charge < -0.3 is 100 Å². The van der Waals surface area contributed by atoms with Crippen LogP contribution in [0.4, 0.5) is 0 Å². The Kier molecular flexibility index (Phi) is 27.3. The van der Waals surface area contributed by atoms with Gasteiger partial charge in [0.2, 0.25) is 23.6 Å². The van der Waals surface area contributed by atoms with Gasteiger partial charge >= 0.3 is 0 Å². The molecule has 73 heavy (non-hydrogen) atoms. The summed E-state index contributed by atoms with van der Waals surface area (Å²) in [4.78, 5) is 50.1. The van der Waals surface area contributed by atoms with Gasteiger partial charge in [0.25, 0.3) is 0 Å². The molecule has 0 bridgehead atoms. The second-order valence-electron chi connectivity index (χ2n) is 19.8. The van der Waals surface area contributed by atoms with Gasteiger partial charge in [0.15, 0.2) is 18.9 Å². The van der Waals surface area contributed by atoms with Crippen molar-refractivity contribution < 1.29 is 98.3 Å². The summed E-state index contributed by atoms with van der Waals surface area (Å²) in [5.41, 5.74) is -1.92. The molecule has 4 fully saturated rings. The first-order chi connectivity index (χ1) is 34.9. The maximum atomic E-state index is 13.2. The smallest absolute Gasteiger partial charge is 0.220 e. The van der Waals surface area contributed by atoms with Gasteiger partial charge in [-0.05, 0) is 32.1 Å². The standard InChI is InChI=1S/C49H86N4O20/c1-5-6-7-8-9-10-11-12-13-14-15-16-17-18-19-20-36(62)53-38-42(65)41(64)33(22-54)69-46(38)68-27-49(26-57)21-32(61)37(51-29(3)59)48(73-49)72-45-35(24-56)70-47(39(43(45)66)52-30(4)60)71-44-34(23-55)67-25-31(40(44)63)50-28(2)58/h12-13,31-35,37-48,54-57,61,63-66H,5-11,14-27H2,1-4H3,(H,50,58)(H,51,59)(H,52,60)(H,53,62)/b13-12-/t31-,32?,33+,34-,35+,37+,38+,39+,40?,41+,42?,43?,44+,45+,46+,47-,48+,49?/m0/s1. The van der Waals surface area contributed by atoms with E-state index in [0.717, 1.165) is 52.4 Å². The first-order valence-electron chi connectivity index (χ1n) is 26.0. The van der Waals surface area contributed by atoms with Gasteiger partial charge in [-0.25, -0.2) is 0 Å². The fourth-order valence-electron chi connectivity index (χ4n) is 9.67. The molecule has 0 radical (unpaired) electrons. The summed E-state index contributed by atoms with van der Waals surface area (Å²) in [5, 5.41) is 108. The molecule has 24 nitrogen and oxygen atoms in total. The Labute approximate surface area is 427 Å². The summed E-state index contributed by atoms with van der Waals surface area (Å²) in [5.74, 6) is -2.31. The van der Waals surface area contributed by atoms with Gasteiger partial charge in [0.05, 0.1) is 51.8 Å². The number of hydrogen-bond acceptors (Lipinski definition) is 20. The van der Waals surface area contributed by atoms with E-state index in [1.807, 2.05) is 0 Å². The van der Waals surface area contributed by atoms with Crippen molar-refractivity contribution in [2.24, 2.45) is 0 Å². The van der Waals surface area contributed by atoms with E-state index < -0.39 is 173 Å². The number of carbonyl (C=O) groups is 4. The molecule has 4 rings (SSSR count). The predicted octanol–water partition coefficient (Wildman–Crippen LogP) is -2.08. The van der Waals surface area contributed by atoms with Crippen LogP contribution in [0.3, 0.4) is 0 Å². The van der Waals surface area contributed by atoms with Crippen molar-refractivity contribution in [2.75, 3.05) is 39.6 Å². The molecule has 0 aliphatic carbocycles. The highest BCUT2D eigenvalue weighted by Crippen LogP contribution is 2.36. The lowest BCUT2D eigenvalue weighted by molar-refractivity contribution is -0.356. The Morgan fingerprint density at radius 1 is 0.589 bits per heavy atom. The minimum Gasteiger partial charge on any atom is -0.394 e. The van der Waals surface area contributed by atoms with Gasteiger partial charge in [0, 0.05) is 33.6 Å². The monoisotopic (exact) mass is 1050 g/mol. The van der Waals surface area contributed by atoms with Crippen LogP contribution in [0.25, 0.3) is 0 Å². The molecule has 5 unspecified atom stereocenters. The topological polar surface area (TPSA) is 363 Å². The van der Waals surface area contributed by atoms with Crippen molar-refractivity contribution in [1.29, 1.82) is 0 Å². The fraction of sp³-hybridized carbons (Fsp3) is 0.878. The summed E-state index contributed by atoms with van der Waals surface area (Å²) in [7, 11) is 0. The number of unbranched alkanes of at least 4 members (excludes halogenated alkanes) is 11. The molecule has 4 saturated heterocycles. The highest BCUT2D eigenvalue weighted by molar-refractivity contribution is 5.76. The first-order valence-corrected chi connectivity index (χ1v) is 26.0. The molecular weight excluding hydrogens is 965 g/mol. The van der Waals surface area contributed by atoms with Crippen LogP contribution in [-0.4, -0.2) is 219 Å². The normalized spacial score (nSPS) is 35.9. The van der Waals surface area contributed by atoms with E-state index >= 15 is 0 Å². The lowest BCUT2D eigenvalue weighted by Crippen LogP contribution is -2.70. The Bertz CT molecular complexity index is 1690. The summed E-state index contributed by atoms with van der Waals surface area (Å²) in [6.07, 6.45) is -2.21. The molecule has 4 aliphatic rings. The van der Waals surface area contributed by atoms with Gasteiger partial charge in [-0.2, -0.15) is 0 Å². The quantitative estimate of drug-likeness (QED) is 0.0271. The zero-order valence-corrected chi connectivity index (χ0v) is 42.8. The van der Waals surface area contributed by atoms with Crippen LogP contribution in [0.1, 0.15) is 124 Å². The average molecular weight is 1050 g/mol. The van der Waals surface area contributed by atoms with Gasteiger partial charge in [-0.15, -0.1) is 0 Å². The molecular formula is C49H86N4O20. The summed E-state index contributed by atoms with van der Waals surface area (Å²) < 4.78 is 42.1. The Hall–Kier alpha value is -3.02. The van der Waals surface area contributed by atoms with Crippen molar-refractivity contribution in [3.63, 3.8) is 0 Å². The number of aliphatic hydroxyl groups excluding tert-OH is 9. The second-order valence-corrected chi connectivity index (χ2v) is 19.8. The van der Waals surface area contributed by atoms with Crippen LogP contribution in [0.5, 0.6) is 0 Å². The molecule has 0 spiro atoms. The zero-order valence-electron chi connectivity index (χ0n) is 42.8. The Morgan fingerprint density at radius 3 is 1.71 bits per heavy atom. The number of amides is 4. The number of hydrogen-bond donors (Lipinski definition) is 13. The van der Waals surface area contributed by atoms with Crippen LogP contribution in [0.15, 0.2) is 12.2 Å². The van der Waals surface area contributed by atoms with Crippen molar-refractivity contribution in [2.45, 2.75) is 234 Å². The zero-order chi connectivity index (χ0) is 53.7. The molecule has 13 N–H and O–H groups in total. The first kappa shape index (κ1) is 62.5. The fourth-order valence-corrected chi connectivity index (χ4v) is 9.67. The number of ether oxygens (including phenoxy) is 7. The molecule has 0 aromatic rings. The Balaban J connectivity index is 1.43. The number of rotatable bonds is 30. The van der Waals surface area contributed by atoms with Crippen molar-refractivity contribution in [3.05, 3.63) is 12.2 Å². The molecule has 4 amide bonds. The molecule has 0 saturated carbocycles. The van der Waals surface area contributed by atoms with Crippen LogP contribution in [-0.2, 0) is 52.3 Å². The van der Waals surface area contributed by atoms with E-state index in [-0.39, 0.29) is 13.0 Å². The third kappa shape index (κ3) is 18.9. The maximum absolute atomic E-state index is 13.2. The maximum Gasteiger partial charge on any atom is 0.220 e. The summed E-state index contributed by atoms with van der Waals surface area (Å²) >= 11 is 0. The highest BCUT2D eigenvalue weighted by Gasteiger charge is 2.55. The van der Waals surface area contributed by atoms with Crippen LogP contribution in [0, 0.1) is 0 Å². The lowest BCUT2D eigenvalue weighted by atomic mass is 9.89. The van der Waals surface area contributed by atoms with Crippen LogP contribution < -0.4 is 21.3 Å². The molecule has 0 aromatic carbocycles. The van der Waals surface area contributed by atoms with E-state index in [9.17, 15) is 65.1 Å². The molecule has 24 heteroatoms. The molecule has 4 aliphatic heterocycles. The lowest BCUT2D eigenvalue weighted by Gasteiger charge is -2.51. The number of aliphatic hydroxyl groups is 9. The largest absolute Gasteiger partial charge is 0.394 e. The number of allylic oxidation sites excluding steroid dienone is 2. The average Bonchev–Trinajstić information content (AvgIpc) is 3.35. The summed E-state index contributed by atoms with van der Waals surface area (Å²) in [6.45, 7) is 1.68. The summed E-state index contributed by atoms with van der Waals surface area (Å²) in [6, 6.07) is -5.32. The van der Waals surface area contributed by atoms with Crippen molar-refractivity contribution in [1.82, 2.24) is 21.3 Å². The number of carbonyl (C=O) groups excluding carboxylic acids is 4. The predicted molar refractivity (Wildman–Crippen MR) is 258 cm³/mol. The molecule has 4 heterocycles. The second kappa shape index (κ2) is 31.9. The third-order valence-electron chi connectivity index (χ3n) is 13.7. The van der Waals surface area contributed by atoms with Gasteiger partial charge in [-0.3, -0.25) is 19.2 Å². The van der Waals surface area contributed by atoms with Crippen LogP contribution >= 0.6 is 0 Å². The van der Waals surface area contributed by atoms with E-state index in [1.165, 1.54) is 45.4 Å². The van der Waals surface area contributed by atoms with E-state index in [0.29, 0.717) is 6.42 Å². The molecule has 422 valence electrons. The molecule has 18 atom stereocenters. The van der Waals surface area contributed by atoms with Crippen molar-refractivity contribution >= 4 is 23.6 Å². The van der Waals surface area contributed by atoms with E-state index in [4.69, 9.17) is 33.2 Å².